The number of aromatic nitrogens is 2. The molecule has 1 aromatic heterocycles. The average Bonchev–Trinajstić information content (AvgIpc) is 3.52. The SMILES string of the molecule is CC(=O)c1ccc(-n2c(=O)c3ccccc3n([C@@H](C)C(=O)NC3CC3)c2=O)cc1. The minimum Gasteiger partial charge on any atom is -0.352 e. The Morgan fingerprint density at radius 3 is 2.31 bits per heavy atom. The molecule has 0 unspecified atom stereocenters. The van der Waals surface area contributed by atoms with Crippen molar-refractivity contribution in [2.45, 2.75) is 38.8 Å². The highest BCUT2D eigenvalue weighted by Gasteiger charge is 2.28. The van der Waals surface area contributed by atoms with Gasteiger partial charge in [0.1, 0.15) is 6.04 Å². The summed E-state index contributed by atoms with van der Waals surface area (Å²) in [5.41, 5.74) is 0.187. The van der Waals surface area contributed by atoms with Crippen LogP contribution in [0.15, 0.2) is 58.1 Å². The second kappa shape index (κ2) is 7.16. The maximum absolute atomic E-state index is 13.3. The molecule has 1 aliphatic rings. The molecule has 1 N–H and O–H groups in total. The summed E-state index contributed by atoms with van der Waals surface area (Å²) in [6, 6.07) is 12.4. The van der Waals surface area contributed by atoms with Crippen LogP contribution in [0.5, 0.6) is 0 Å². The summed E-state index contributed by atoms with van der Waals surface area (Å²) in [5.74, 6) is -0.359. The number of hydrogen-bond acceptors (Lipinski definition) is 4. The van der Waals surface area contributed by atoms with Gasteiger partial charge in [0.15, 0.2) is 5.78 Å². The van der Waals surface area contributed by atoms with Crippen molar-refractivity contribution >= 4 is 22.6 Å². The Hall–Kier alpha value is -3.48. The second-order valence-corrected chi connectivity index (χ2v) is 7.37. The zero-order chi connectivity index (χ0) is 20.7. The van der Waals surface area contributed by atoms with Crippen molar-refractivity contribution in [2.75, 3.05) is 0 Å². The molecule has 1 fully saturated rings. The molecule has 7 nitrogen and oxygen atoms in total. The van der Waals surface area contributed by atoms with Gasteiger partial charge in [-0.3, -0.25) is 19.0 Å². The molecule has 29 heavy (non-hydrogen) atoms. The van der Waals surface area contributed by atoms with E-state index in [4.69, 9.17) is 0 Å². The number of rotatable bonds is 5. The Labute approximate surface area is 166 Å². The number of hydrogen-bond donors (Lipinski definition) is 1. The highest BCUT2D eigenvalue weighted by molar-refractivity contribution is 5.94. The van der Waals surface area contributed by atoms with Gasteiger partial charge in [-0.15, -0.1) is 0 Å². The van der Waals surface area contributed by atoms with E-state index in [9.17, 15) is 19.2 Å². The Morgan fingerprint density at radius 2 is 1.69 bits per heavy atom. The Balaban J connectivity index is 1.93. The number of fused-ring (bicyclic) bond motifs is 1. The van der Waals surface area contributed by atoms with Gasteiger partial charge in [-0.1, -0.05) is 12.1 Å². The third-order valence-electron chi connectivity index (χ3n) is 5.22. The highest BCUT2D eigenvalue weighted by Crippen LogP contribution is 2.21. The zero-order valence-corrected chi connectivity index (χ0v) is 16.2. The number of Topliss-reactive ketones (excluding diaryl/α,β-unsaturated/α-hetero) is 1. The van der Waals surface area contributed by atoms with Crippen LogP contribution in [0.2, 0.25) is 0 Å². The van der Waals surface area contributed by atoms with Gasteiger partial charge < -0.3 is 5.32 Å². The first-order valence-corrected chi connectivity index (χ1v) is 9.56. The maximum atomic E-state index is 13.3. The summed E-state index contributed by atoms with van der Waals surface area (Å²) in [7, 11) is 0. The lowest BCUT2D eigenvalue weighted by molar-refractivity contribution is -0.124. The third-order valence-corrected chi connectivity index (χ3v) is 5.22. The van der Waals surface area contributed by atoms with Gasteiger partial charge in [0.25, 0.3) is 5.56 Å². The molecule has 1 atom stereocenters. The van der Waals surface area contributed by atoms with Crippen LogP contribution in [0.25, 0.3) is 16.6 Å². The fraction of sp³-hybridized carbons (Fsp3) is 0.273. The number of carbonyl (C=O) groups is 2. The average molecular weight is 391 g/mol. The zero-order valence-electron chi connectivity index (χ0n) is 16.2. The Bertz CT molecular complexity index is 1230. The summed E-state index contributed by atoms with van der Waals surface area (Å²) in [5, 5.41) is 3.26. The first-order chi connectivity index (χ1) is 13.9. The van der Waals surface area contributed by atoms with Crippen molar-refractivity contribution in [3.63, 3.8) is 0 Å². The fourth-order valence-corrected chi connectivity index (χ4v) is 3.40. The molecule has 0 spiro atoms. The first-order valence-electron chi connectivity index (χ1n) is 9.56. The summed E-state index contributed by atoms with van der Waals surface area (Å²) in [4.78, 5) is 50.6. The molecular weight excluding hydrogens is 370 g/mol. The van der Waals surface area contributed by atoms with Crippen LogP contribution < -0.4 is 16.6 Å². The molecule has 7 heteroatoms. The number of amides is 1. The summed E-state index contributed by atoms with van der Waals surface area (Å²) < 4.78 is 2.40. The van der Waals surface area contributed by atoms with Gasteiger partial charge in [0.2, 0.25) is 5.91 Å². The summed E-state index contributed by atoms with van der Waals surface area (Å²) in [6.45, 7) is 3.10. The van der Waals surface area contributed by atoms with Crippen molar-refractivity contribution in [3.8, 4) is 5.69 Å². The lowest BCUT2D eigenvalue weighted by Gasteiger charge is -2.19. The topological polar surface area (TPSA) is 90.2 Å². The number of para-hydroxylation sites is 1. The van der Waals surface area contributed by atoms with Crippen LogP contribution in [-0.2, 0) is 4.79 Å². The molecule has 0 saturated heterocycles. The molecular formula is C22H21N3O4. The van der Waals surface area contributed by atoms with E-state index in [0.717, 1.165) is 17.4 Å². The molecule has 1 saturated carbocycles. The van der Waals surface area contributed by atoms with Crippen molar-refractivity contribution in [1.82, 2.24) is 14.5 Å². The summed E-state index contributed by atoms with van der Waals surface area (Å²) >= 11 is 0. The van der Waals surface area contributed by atoms with Gasteiger partial charge in [0, 0.05) is 11.6 Å². The molecule has 148 valence electrons. The van der Waals surface area contributed by atoms with Crippen molar-refractivity contribution in [2.24, 2.45) is 0 Å². The number of carbonyl (C=O) groups excluding carboxylic acids is 2. The van der Waals surface area contributed by atoms with E-state index in [0.29, 0.717) is 22.2 Å². The van der Waals surface area contributed by atoms with Crippen molar-refractivity contribution in [3.05, 3.63) is 74.9 Å². The maximum Gasteiger partial charge on any atom is 0.336 e. The number of nitrogens with one attached hydrogen (secondary N) is 1. The van der Waals surface area contributed by atoms with Gasteiger partial charge >= 0.3 is 5.69 Å². The standard InChI is InChI=1S/C22H21N3O4/c1-13(20(27)23-16-9-10-16)24-19-6-4-3-5-18(19)21(28)25(22(24)29)17-11-7-15(8-12-17)14(2)26/h3-8,11-13,16H,9-10H2,1-2H3,(H,23,27)/t13-/m0/s1. The van der Waals surface area contributed by atoms with E-state index >= 15 is 0 Å². The van der Waals surface area contributed by atoms with Crippen molar-refractivity contribution < 1.29 is 9.59 Å². The lowest BCUT2D eigenvalue weighted by atomic mass is 10.1. The van der Waals surface area contributed by atoms with Crippen LogP contribution in [0.3, 0.4) is 0 Å². The van der Waals surface area contributed by atoms with Crippen LogP contribution in [0, 0.1) is 0 Å². The van der Waals surface area contributed by atoms with E-state index < -0.39 is 17.3 Å². The van der Waals surface area contributed by atoms with E-state index in [-0.39, 0.29) is 17.7 Å². The molecule has 0 aliphatic heterocycles. The largest absolute Gasteiger partial charge is 0.352 e. The van der Waals surface area contributed by atoms with E-state index in [1.165, 1.54) is 11.5 Å². The first kappa shape index (κ1) is 18.9. The van der Waals surface area contributed by atoms with Gasteiger partial charge in [0.05, 0.1) is 16.6 Å². The third kappa shape index (κ3) is 3.40. The van der Waals surface area contributed by atoms with Gasteiger partial charge in [-0.05, 0) is 63.1 Å². The summed E-state index contributed by atoms with van der Waals surface area (Å²) in [6.07, 6.45) is 1.88. The van der Waals surface area contributed by atoms with Gasteiger partial charge in [-0.2, -0.15) is 0 Å². The Kier molecular flexibility index (Phi) is 4.66. The molecule has 3 aromatic rings. The lowest BCUT2D eigenvalue weighted by Crippen LogP contribution is -2.44. The predicted molar refractivity (Wildman–Crippen MR) is 110 cm³/mol. The number of ketones is 1. The molecule has 0 radical (unpaired) electrons. The molecule has 1 amide bonds. The minimum atomic E-state index is -0.781. The highest BCUT2D eigenvalue weighted by atomic mass is 16.2. The van der Waals surface area contributed by atoms with Crippen LogP contribution >= 0.6 is 0 Å². The van der Waals surface area contributed by atoms with E-state index in [2.05, 4.69) is 5.32 Å². The second-order valence-electron chi connectivity index (χ2n) is 7.37. The van der Waals surface area contributed by atoms with Crippen LogP contribution in [0.1, 0.15) is 43.1 Å². The van der Waals surface area contributed by atoms with E-state index in [1.807, 2.05) is 0 Å². The molecule has 2 aromatic carbocycles. The monoisotopic (exact) mass is 391 g/mol. The predicted octanol–water partition coefficient (Wildman–Crippen LogP) is 2.19. The Morgan fingerprint density at radius 1 is 1.03 bits per heavy atom. The number of nitrogens with zero attached hydrogens (tertiary/aromatic N) is 2. The smallest absolute Gasteiger partial charge is 0.336 e. The van der Waals surface area contributed by atoms with Gasteiger partial charge in [-0.25, -0.2) is 9.36 Å². The van der Waals surface area contributed by atoms with Crippen molar-refractivity contribution in [1.29, 1.82) is 0 Å². The molecule has 1 aliphatic carbocycles. The molecule has 4 rings (SSSR count). The van der Waals surface area contributed by atoms with Crippen LogP contribution in [0.4, 0.5) is 0 Å². The number of benzene rings is 2. The van der Waals surface area contributed by atoms with E-state index in [1.54, 1.807) is 55.5 Å². The molecule has 0 bridgehead atoms. The quantitative estimate of drug-likeness (QED) is 0.675. The normalized spacial score (nSPS) is 14.6. The fourth-order valence-electron chi connectivity index (χ4n) is 3.40. The minimum absolute atomic E-state index is 0.106. The van der Waals surface area contributed by atoms with Crippen LogP contribution in [-0.4, -0.2) is 26.9 Å². The molecule has 1 heterocycles.